The Labute approximate surface area is 106 Å². The van der Waals surface area contributed by atoms with Gasteiger partial charge in [-0.3, -0.25) is 0 Å². The second-order valence-corrected chi connectivity index (χ2v) is 4.08. The zero-order valence-electron chi connectivity index (χ0n) is 10.1. The molecule has 0 bridgehead atoms. The first-order valence-corrected chi connectivity index (χ1v) is 5.88. The number of carbonyl (C=O) groups is 1. The smallest absolute Gasteiger partial charge is 0.321 e. The minimum absolute atomic E-state index is 0.154. The molecule has 18 heavy (non-hydrogen) atoms. The summed E-state index contributed by atoms with van der Waals surface area (Å²) in [5, 5.41) is 2.54. The Morgan fingerprint density at radius 2 is 1.94 bits per heavy atom. The fraction of sp³-hybridized carbons (Fsp3) is 0.308. The Morgan fingerprint density at radius 3 is 2.56 bits per heavy atom. The molecule has 1 aromatic carbocycles. The van der Waals surface area contributed by atoms with Gasteiger partial charge >= 0.3 is 6.03 Å². The van der Waals surface area contributed by atoms with Gasteiger partial charge < -0.3 is 15.1 Å². The largest absolute Gasteiger partial charge is 0.366 e. The number of urea groups is 1. The third-order valence-corrected chi connectivity index (χ3v) is 2.99. The number of anilines is 1. The van der Waals surface area contributed by atoms with Crippen molar-refractivity contribution in [3.8, 4) is 0 Å². The van der Waals surface area contributed by atoms with E-state index in [-0.39, 0.29) is 11.8 Å². The highest BCUT2D eigenvalue weighted by Gasteiger charge is 2.21. The van der Waals surface area contributed by atoms with Crippen LogP contribution < -0.4 is 10.2 Å². The van der Waals surface area contributed by atoms with Gasteiger partial charge in [0.15, 0.2) is 0 Å². The van der Waals surface area contributed by atoms with E-state index in [0.717, 1.165) is 0 Å². The van der Waals surface area contributed by atoms with Gasteiger partial charge in [0.05, 0.1) is 5.69 Å². The highest BCUT2D eigenvalue weighted by molar-refractivity contribution is 5.75. The zero-order valence-corrected chi connectivity index (χ0v) is 10.1. The Bertz CT molecular complexity index is 442. The van der Waals surface area contributed by atoms with Gasteiger partial charge in [-0.1, -0.05) is 18.7 Å². The Kier molecular flexibility index (Phi) is 3.82. The first kappa shape index (κ1) is 12.4. The molecule has 0 atom stereocenters. The topological polar surface area (TPSA) is 35.6 Å². The van der Waals surface area contributed by atoms with E-state index in [9.17, 15) is 9.18 Å². The summed E-state index contributed by atoms with van der Waals surface area (Å²) in [6.07, 6.45) is 1.37. The summed E-state index contributed by atoms with van der Waals surface area (Å²) in [5.74, 6) is -0.221. The van der Waals surface area contributed by atoms with E-state index in [1.165, 1.54) is 12.3 Å². The van der Waals surface area contributed by atoms with Crippen molar-refractivity contribution >= 4 is 11.7 Å². The first-order chi connectivity index (χ1) is 8.72. The monoisotopic (exact) mass is 249 g/mol. The van der Waals surface area contributed by atoms with Crippen molar-refractivity contribution in [2.75, 3.05) is 31.1 Å². The second kappa shape index (κ2) is 5.53. The predicted octanol–water partition coefficient (Wildman–Crippen LogP) is 1.80. The predicted molar refractivity (Wildman–Crippen MR) is 68.9 cm³/mol. The third-order valence-electron chi connectivity index (χ3n) is 2.99. The highest BCUT2D eigenvalue weighted by atomic mass is 19.1. The van der Waals surface area contributed by atoms with Gasteiger partial charge in [0.1, 0.15) is 5.82 Å². The highest BCUT2D eigenvalue weighted by Crippen LogP contribution is 2.19. The van der Waals surface area contributed by atoms with Crippen LogP contribution in [-0.4, -0.2) is 37.1 Å². The quantitative estimate of drug-likeness (QED) is 0.867. The number of halogens is 1. The number of para-hydroxylation sites is 1. The van der Waals surface area contributed by atoms with Crippen LogP contribution in [0.25, 0.3) is 0 Å². The number of carbonyl (C=O) groups excluding carboxylic acids is 1. The van der Waals surface area contributed by atoms with E-state index in [1.807, 2.05) is 11.0 Å². The summed E-state index contributed by atoms with van der Waals surface area (Å²) >= 11 is 0. The van der Waals surface area contributed by atoms with Crippen LogP contribution in [-0.2, 0) is 0 Å². The van der Waals surface area contributed by atoms with Crippen molar-refractivity contribution in [2.24, 2.45) is 0 Å². The molecule has 2 rings (SSSR count). The van der Waals surface area contributed by atoms with Gasteiger partial charge in [0.25, 0.3) is 0 Å². The van der Waals surface area contributed by atoms with Crippen LogP contribution in [0.5, 0.6) is 0 Å². The number of hydrogen-bond acceptors (Lipinski definition) is 2. The number of nitrogens with zero attached hydrogens (tertiary/aromatic N) is 2. The Balaban J connectivity index is 1.97. The molecular formula is C13H16FN3O. The summed E-state index contributed by atoms with van der Waals surface area (Å²) in [7, 11) is 0. The zero-order chi connectivity index (χ0) is 13.0. The van der Waals surface area contributed by atoms with E-state index in [2.05, 4.69) is 11.9 Å². The van der Waals surface area contributed by atoms with Gasteiger partial charge in [-0.05, 0) is 18.3 Å². The number of hydrogen-bond donors (Lipinski definition) is 1. The van der Waals surface area contributed by atoms with Crippen molar-refractivity contribution in [1.82, 2.24) is 10.2 Å². The molecule has 4 nitrogen and oxygen atoms in total. The lowest BCUT2D eigenvalue weighted by molar-refractivity contribution is 0.198. The van der Waals surface area contributed by atoms with E-state index >= 15 is 0 Å². The van der Waals surface area contributed by atoms with Gasteiger partial charge in [-0.15, -0.1) is 0 Å². The second-order valence-electron chi connectivity index (χ2n) is 4.08. The fourth-order valence-electron chi connectivity index (χ4n) is 2.04. The maximum absolute atomic E-state index is 13.6. The van der Waals surface area contributed by atoms with E-state index in [4.69, 9.17) is 0 Å². The minimum atomic E-state index is -0.221. The van der Waals surface area contributed by atoms with Gasteiger partial charge in [-0.25, -0.2) is 9.18 Å². The lowest BCUT2D eigenvalue weighted by atomic mass is 10.2. The van der Waals surface area contributed by atoms with Crippen LogP contribution in [0, 0.1) is 5.82 Å². The van der Waals surface area contributed by atoms with Gasteiger partial charge in [0, 0.05) is 26.2 Å². The molecule has 0 spiro atoms. The average molecular weight is 249 g/mol. The van der Waals surface area contributed by atoms with Gasteiger partial charge in [-0.2, -0.15) is 0 Å². The molecule has 1 fully saturated rings. The van der Waals surface area contributed by atoms with Crippen molar-refractivity contribution in [1.29, 1.82) is 0 Å². The first-order valence-electron chi connectivity index (χ1n) is 5.88. The van der Waals surface area contributed by atoms with Crippen molar-refractivity contribution in [3.63, 3.8) is 0 Å². The summed E-state index contributed by atoms with van der Waals surface area (Å²) in [6, 6.07) is 6.54. The maximum Gasteiger partial charge on any atom is 0.321 e. The number of nitrogens with one attached hydrogen (secondary N) is 1. The van der Waals surface area contributed by atoms with Crippen LogP contribution >= 0.6 is 0 Å². The Hall–Kier alpha value is -2.04. The molecule has 1 aromatic rings. The van der Waals surface area contributed by atoms with Crippen LogP contribution in [0.4, 0.5) is 14.9 Å². The molecule has 2 amide bonds. The lowest BCUT2D eigenvalue weighted by Crippen LogP contribution is -2.51. The summed E-state index contributed by atoms with van der Waals surface area (Å²) < 4.78 is 13.6. The molecule has 0 unspecified atom stereocenters. The molecule has 96 valence electrons. The molecule has 0 saturated carbocycles. The Morgan fingerprint density at radius 1 is 1.28 bits per heavy atom. The summed E-state index contributed by atoms with van der Waals surface area (Å²) in [5.41, 5.74) is 0.598. The maximum atomic E-state index is 13.6. The number of rotatable bonds is 2. The van der Waals surface area contributed by atoms with Crippen molar-refractivity contribution in [2.45, 2.75) is 0 Å². The van der Waals surface area contributed by atoms with E-state index in [0.29, 0.717) is 31.9 Å². The molecule has 0 radical (unpaired) electrons. The molecule has 0 aliphatic carbocycles. The molecule has 5 heteroatoms. The van der Waals surface area contributed by atoms with Crippen LogP contribution in [0.15, 0.2) is 37.0 Å². The van der Waals surface area contributed by atoms with Crippen molar-refractivity contribution < 1.29 is 9.18 Å². The molecule has 1 N–H and O–H groups in total. The fourth-order valence-corrected chi connectivity index (χ4v) is 2.04. The molecule has 1 heterocycles. The SMILES string of the molecule is C=CNC(=O)N1CCN(c2ccccc2F)CC1. The van der Waals surface area contributed by atoms with Crippen LogP contribution in [0.3, 0.4) is 0 Å². The lowest BCUT2D eigenvalue weighted by Gasteiger charge is -2.35. The van der Waals surface area contributed by atoms with Crippen molar-refractivity contribution in [3.05, 3.63) is 42.9 Å². The molecule has 1 saturated heterocycles. The van der Waals surface area contributed by atoms with Gasteiger partial charge in [0.2, 0.25) is 0 Å². The average Bonchev–Trinajstić information content (AvgIpc) is 2.40. The number of benzene rings is 1. The number of amides is 2. The van der Waals surface area contributed by atoms with E-state index < -0.39 is 0 Å². The molecule has 1 aliphatic rings. The summed E-state index contributed by atoms with van der Waals surface area (Å²) in [4.78, 5) is 15.2. The summed E-state index contributed by atoms with van der Waals surface area (Å²) in [6.45, 7) is 5.87. The van der Waals surface area contributed by atoms with E-state index in [1.54, 1.807) is 17.0 Å². The molecule has 0 aromatic heterocycles. The van der Waals surface area contributed by atoms with Crippen LogP contribution in [0.1, 0.15) is 0 Å². The normalized spacial score (nSPS) is 15.4. The third kappa shape index (κ3) is 2.61. The standard InChI is InChI=1S/C13H16FN3O/c1-2-15-13(18)17-9-7-16(8-10-17)12-6-4-3-5-11(12)14/h2-6H,1,7-10H2,(H,15,18). The minimum Gasteiger partial charge on any atom is -0.366 e. The van der Waals surface area contributed by atoms with Crippen LogP contribution in [0.2, 0.25) is 0 Å². The molecular weight excluding hydrogens is 233 g/mol. The number of piperazine rings is 1. The molecule has 1 aliphatic heterocycles.